The van der Waals surface area contributed by atoms with Crippen LogP contribution in [0.3, 0.4) is 0 Å². The first kappa shape index (κ1) is 14.4. The predicted octanol–water partition coefficient (Wildman–Crippen LogP) is 5.34. The van der Waals surface area contributed by atoms with Gasteiger partial charge in [0.1, 0.15) is 7.05 Å². The second-order valence-corrected chi connectivity index (χ2v) is 6.17. The largest absolute Gasteiger partial charge is 0.238 e. The molecular weight excluding hydrogens is 292 g/mol. The van der Waals surface area contributed by atoms with E-state index >= 15 is 0 Å². The molecule has 0 unspecified atom stereocenters. The van der Waals surface area contributed by atoms with Crippen LogP contribution in [0.4, 0.5) is 5.69 Å². The Labute approximate surface area is 141 Å². The van der Waals surface area contributed by atoms with Crippen molar-refractivity contribution in [3.05, 3.63) is 83.8 Å². The Bertz CT molecular complexity index is 1130. The van der Waals surface area contributed by atoms with Crippen molar-refractivity contribution in [2.24, 2.45) is 7.05 Å². The zero-order valence-electron chi connectivity index (χ0n) is 13.7. The van der Waals surface area contributed by atoms with Crippen LogP contribution in [0.5, 0.6) is 0 Å². The smallest absolute Gasteiger partial charge is 0.220 e. The third kappa shape index (κ3) is 2.23. The molecule has 0 amide bonds. The molecule has 0 fully saturated rings. The van der Waals surface area contributed by atoms with Gasteiger partial charge in [-0.05, 0) is 40.8 Å². The highest BCUT2D eigenvalue weighted by Crippen LogP contribution is 2.32. The van der Waals surface area contributed by atoms with Gasteiger partial charge in [-0.15, -0.1) is 0 Å². The van der Waals surface area contributed by atoms with E-state index in [-0.39, 0.29) is 0 Å². The Hall–Kier alpha value is -3.18. The molecule has 2 heteroatoms. The fraction of sp³-hybridized carbons (Fsp3) is 0.0909. The minimum atomic E-state index is 0.678. The minimum absolute atomic E-state index is 0.678. The van der Waals surface area contributed by atoms with Crippen molar-refractivity contribution in [3.8, 4) is 11.3 Å². The van der Waals surface area contributed by atoms with E-state index in [1.165, 1.54) is 33.0 Å². The lowest BCUT2D eigenvalue weighted by atomic mass is 9.96. The number of hydrogen-bond acceptors (Lipinski definition) is 0. The van der Waals surface area contributed by atoms with Crippen molar-refractivity contribution >= 4 is 27.2 Å². The molecule has 1 aromatic heterocycles. The molecule has 1 heterocycles. The Balaban J connectivity index is 2.08. The van der Waals surface area contributed by atoms with Gasteiger partial charge in [-0.25, -0.2) is 9.41 Å². The number of aromatic nitrogens is 1. The average molecular weight is 309 g/mol. The van der Waals surface area contributed by atoms with Gasteiger partial charge in [0.15, 0.2) is 11.9 Å². The molecule has 4 rings (SSSR count). The van der Waals surface area contributed by atoms with E-state index in [0.717, 1.165) is 5.39 Å². The van der Waals surface area contributed by atoms with Crippen LogP contribution in [0, 0.1) is 13.5 Å². The molecule has 114 valence electrons. The van der Waals surface area contributed by atoms with Gasteiger partial charge < -0.3 is 0 Å². The average Bonchev–Trinajstić information content (AvgIpc) is 2.61. The fourth-order valence-corrected chi connectivity index (χ4v) is 3.37. The third-order valence-corrected chi connectivity index (χ3v) is 4.60. The van der Waals surface area contributed by atoms with E-state index < -0.39 is 0 Å². The van der Waals surface area contributed by atoms with Gasteiger partial charge in [0.05, 0.1) is 17.5 Å². The Morgan fingerprint density at radius 2 is 1.62 bits per heavy atom. The first-order chi connectivity index (χ1) is 11.7. The van der Waals surface area contributed by atoms with Crippen molar-refractivity contribution in [2.75, 3.05) is 0 Å². The fourth-order valence-electron chi connectivity index (χ4n) is 3.37. The van der Waals surface area contributed by atoms with Crippen molar-refractivity contribution < 1.29 is 4.57 Å². The van der Waals surface area contributed by atoms with Gasteiger partial charge in [-0.1, -0.05) is 42.5 Å². The molecule has 24 heavy (non-hydrogen) atoms. The highest BCUT2D eigenvalue weighted by atomic mass is 14.9. The summed E-state index contributed by atoms with van der Waals surface area (Å²) in [6, 6.07) is 21.0. The highest BCUT2D eigenvalue weighted by Gasteiger charge is 2.17. The zero-order chi connectivity index (χ0) is 16.7. The normalized spacial score (nSPS) is 10.9. The second-order valence-electron chi connectivity index (χ2n) is 6.17. The molecule has 0 saturated carbocycles. The summed E-state index contributed by atoms with van der Waals surface area (Å²) in [4.78, 5) is 3.55. The molecule has 2 nitrogen and oxygen atoms in total. The van der Waals surface area contributed by atoms with Crippen molar-refractivity contribution in [1.29, 1.82) is 0 Å². The number of rotatable bonds is 1. The standard InChI is InChI=1S/C22H17N2/c1-15-12-16-6-4-5-7-17(16)14-21(15)22-20-9-8-19(23-2)13-18(20)10-11-24(22)3/h4-14H,1,3H3/q+1. The van der Waals surface area contributed by atoms with Gasteiger partial charge in [-0.3, -0.25) is 0 Å². The topological polar surface area (TPSA) is 8.24 Å². The maximum absolute atomic E-state index is 7.22. The molecular formula is C22H17N2+. The summed E-state index contributed by atoms with van der Waals surface area (Å²) in [5.74, 6) is 0. The molecule has 0 aliphatic rings. The SMILES string of the molecule is [C-]#[N+]c1ccc2c(-c3cc4ccccc4cc3C)[n+](C)ccc2c1. The van der Waals surface area contributed by atoms with Crippen molar-refractivity contribution in [1.82, 2.24) is 0 Å². The third-order valence-electron chi connectivity index (χ3n) is 4.60. The van der Waals surface area contributed by atoms with Crippen LogP contribution in [-0.2, 0) is 7.05 Å². The van der Waals surface area contributed by atoms with Crippen LogP contribution in [0.1, 0.15) is 5.56 Å². The van der Waals surface area contributed by atoms with Gasteiger partial charge in [0, 0.05) is 6.07 Å². The number of pyridine rings is 1. The first-order valence-electron chi connectivity index (χ1n) is 7.97. The number of hydrogen-bond donors (Lipinski definition) is 0. The zero-order valence-corrected chi connectivity index (χ0v) is 13.7. The molecule has 0 spiro atoms. The molecule has 0 saturated heterocycles. The maximum atomic E-state index is 7.22. The van der Waals surface area contributed by atoms with Crippen molar-refractivity contribution in [2.45, 2.75) is 6.92 Å². The molecule has 0 atom stereocenters. The van der Waals surface area contributed by atoms with E-state index in [4.69, 9.17) is 6.57 Å². The highest BCUT2D eigenvalue weighted by molar-refractivity contribution is 5.98. The summed E-state index contributed by atoms with van der Waals surface area (Å²) in [5, 5.41) is 4.78. The lowest BCUT2D eigenvalue weighted by Crippen LogP contribution is -2.30. The molecule has 0 bridgehead atoms. The summed E-state index contributed by atoms with van der Waals surface area (Å²) < 4.78 is 2.16. The van der Waals surface area contributed by atoms with Crippen LogP contribution in [-0.4, -0.2) is 0 Å². The van der Waals surface area contributed by atoms with Crippen LogP contribution >= 0.6 is 0 Å². The summed E-state index contributed by atoms with van der Waals surface area (Å²) in [7, 11) is 2.08. The van der Waals surface area contributed by atoms with Crippen LogP contribution in [0.2, 0.25) is 0 Å². The summed E-state index contributed by atoms with van der Waals surface area (Å²) >= 11 is 0. The Morgan fingerprint density at radius 3 is 2.38 bits per heavy atom. The summed E-state index contributed by atoms with van der Waals surface area (Å²) in [5.41, 5.74) is 4.35. The Morgan fingerprint density at radius 1 is 0.875 bits per heavy atom. The number of fused-ring (bicyclic) bond motifs is 2. The van der Waals surface area contributed by atoms with E-state index in [9.17, 15) is 0 Å². The molecule has 3 aromatic carbocycles. The van der Waals surface area contributed by atoms with Crippen LogP contribution < -0.4 is 4.57 Å². The number of aryl methyl sites for hydroxylation is 2. The van der Waals surface area contributed by atoms with E-state index in [0.29, 0.717) is 5.69 Å². The quantitative estimate of drug-likeness (QED) is 0.331. The van der Waals surface area contributed by atoms with Gasteiger partial charge >= 0.3 is 0 Å². The molecule has 0 aliphatic heterocycles. The lowest BCUT2D eigenvalue weighted by Gasteiger charge is -2.10. The molecule has 0 radical (unpaired) electrons. The van der Waals surface area contributed by atoms with Gasteiger partial charge in [0.25, 0.3) is 0 Å². The van der Waals surface area contributed by atoms with Gasteiger partial charge in [0.2, 0.25) is 5.69 Å². The molecule has 0 aliphatic carbocycles. The molecule has 0 N–H and O–H groups in total. The number of benzene rings is 3. The van der Waals surface area contributed by atoms with E-state index in [1.807, 2.05) is 12.1 Å². The predicted molar refractivity (Wildman–Crippen MR) is 99.1 cm³/mol. The second kappa shape index (κ2) is 5.47. The summed E-state index contributed by atoms with van der Waals surface area (Å²) in [6.07, 6.45) is 2.07. The summed E-state index contributed by atoms with van der Waals surface area (Å²) in [6.45, 7) is 9.38. The van der Waals surface area contributed by atoms with Crippen LogP contribution in [0.15, 0.2) is 66.9 Å². The van der Waals surface area contributed by atoms with Crippen LogP contribution in [0.25, 0.3) is 37.6 Å². The van der Waals surface area contributed by atoms with Gasteiger partial charge in [-0.2, -0.15) is 0 Å². The first-order valence-corrected chi connectivity index (χ1v) is 7.97. The van der Waals surface area contributed by atoms with Crippen molar-refractivity contribution in [3.63, 3.8) is 0 Å². The Kier molecular flexibility index (Phi) is 3.29. The number of nitrogens with zero attached hydrogens (tertiary/aromatic N) is 2. The minimum Gasteiger partial charge on any atom is -0.238 e. The molecule has 4 aromatic rings. The maximum Gasteiger partial charge on any atom is 0.220 e. The van der Waals surface area contributed by atoms with E-state index in [1.54, 1.807) is 0 Å². The monoisotopic (exact) mass is 309 g/mol. The van der Waals surface area contributed by atoms with E-state index in [2.05, 4.69) is 78.1 Å². The lowest BCUT2D eigenvalue weighted by molar-refractivity contribution is -0.659.